The van der Waals surface area contributed by atoms with Gasteiger partial charge in [-0.15, -0.1) is 0 Å². The third-order valence-electron chi connectivity index (χ3n) is 6.75. The van der Waals surface area contributed by atoms with E-state index in [9.17, 15) is 9.18 Å². The molecule has 0 atom stereocenters. The highest BCUT2D eigenvalue weighted by molar-refractivity contribution is 6.36. The van der Waals surface area contributed by atoms with E-state index in [2.05, 4.69) is 29.3 Å². The first-order valence-corrected chi connectivity index (χ1v) is 11.8. The summed E-state index contributed by atoms with van der Waals surface area (Å²) in [5, 5.41) is 3.03. The lowest BCUT2D eigenvalue weighted by Crippen LogP contribution is -2.14. The van der Waals surface area contributed by atoms with E-state index in [4.69, 9.17) is 0 Å². The van der Waals surface area contributed by atoms with Gasteiger partial charge >= 0.3 is 0 Å². The van der Waals surface area contributed by atoms with Crippen LogP contribution >= 0.6 is 0 Å². The van der Waals surface area contributed by atoms with Gasteiger partial charge in [-0.05, 0) is 106 Å². The zero-order chi connectivity index (χ0) is 22.9. The topological polar surface area (TPSA) is 48.1 Å². The minimum atomic E-state index is -0.268. The molecule has 0 saturated carbocycles. The maximum atomic E-state index is 13.5. The summed E-state index contributed by atoms with van der Waals surface area (Å²) < 4.78 is 13.5. The van der Waals surface area contributed by atoms with E-state index < -0.39 is 0 Å². The van der Waals surface area contributed by atoms with Crippen molar-refractivity contribution in [3.8, 4) is 11.1 Å². The van der Waals surface area contributed by atoms with Gasteiger partial charge < -0.3 is 15.2 Å². The van der Waals surface area contributed by atoms with Crippen LogP contribution in [0.25, 0.3) is 22.8 Å². The first-order valence-electron chi connectivity index (χ1n) is 11.8. The molecule has 1 aliphatic heterocycles. The third kappa shape index (κ3) is 4.25. The number of aromatic nitrogens is 1. The van der Waals surface area contributed by atoms with Gasteiger partial charge in [-0.2, -0.15) is 0 Å². The number of nitrogens with one attached hydrogen (secondary N) is 2. The molecular formula is C28H30FN3O. The molecule has 3 aromatic rings. The van der Waals surface area contributed by atoms with Gasteiger partial charge in [0, 0.05) is 22.6 Å². The maximum absolute atomic E-state index is 13.5. The van der Waals surface area contributed by atoms with E-state index >= 15 is 0 Å². The highest BCUT2D eigenvalue weighted by Crippen LogP contribution is 2.41. The van der Waals surface area contributed by atoms with E-state index in [0.29, 0.717) is 5.57 Å². The lowest BCUT2D eigenvalue weighted by molar-refractivity contribution is -0.110. The lowest BCUT2D eigenvalue weighted by atomic mass is 9.91. The Balaban J connectivity index is 1.59. The van der Waals surface area contributed by atoms with Crippen molar-refractivity contribution in [1.29, 1.82) is 0 Å². The molecule has 5 rings (SSSR count). The van der Waals surface area contributed by atoms with E-state index in [1.165, 1.54) is 41.8 Å². The summed E-state index contributed by atoms with van der Waals surface area (Å²) >= 11 is 0. The van der Waals surface area contributed by atoms with Gasteiger partial charge in [0.05, 0.1) is 5.57 Å². The number of carbonyl (C=O) groups is 1. The molecule has 1 aliphatic carbocycles. The van der Waals surface area contributed by atoms with Crippen molar-refractivity contribution in [2.45, 2.75) is 38.5 Å². The van der Waals surface area contributed by atoms with Gasteiger partial charge in [0.25, 0.3) is 5.91 Å². The number of halogens is 1. The van der Waals surface area contributed by atoms with Crippen LogP contribution in [0.5, 0.6) is 0 Å². The minimum absolute atomic E-state index is 0.0913. The number of hydrogen-bond donors (Lipinski definition) is 2. The zero-order valence-electron chi connectivity index (χ0n) is 19.3. The second-order valence-electron chi connectivity index (χ2n) is 9.34. The number of H-pyrrole nitrogens is 1. The number of aromatic amines is 1. The molecule has 33 heavy (non-hydrogen) atoms. The predicted molar refractivity (Wildman–Crippen MR) is 133 cm³/mol. The molecule has 0 unspecified atom stereocenters. The highest BCUT2D eigenvalue weighted by atomic mass is 19.1. The molecule has 1 amide bonds. The Hall–Kier alpha value is -3.18. The monoisotopic (exact) mass is 443 g/mol. The number of anilines is 1. The SMILES string of the molecule is CN(C)CCCc1c(/C=C2\C(=O)Nc3cccc(-c4ccc(F)cc4)c32)[nH]c2c1CCCC2. The second-order valence-corrected chi connectivity index (χ2v) is 9.34. The van der Waals surface area contributed by atoms with E-state index in [-0.39, 0.29) is 11.7 Å². The summed E-state index contributed by atoms with van der Waals surface area (Å²) in [6.07, 6.45) is 8.72. The average Bonchev–Trinajstić information content (AvgIpc) is 3.31. The van der Waals surface area contributed by atoms with Crippen molar-refractivity contribution in [3.05, 3.63) is 76.4 Å². The molecule has 0 fully saturated rings. The molecule has 0 radical (unpaired) electrons. The molecule has 0 saturated heterocycles. The van der Waals surface area contributed by atoms with Gasteiger partial charge in [-0.1, -0.05) is 24.3 Å². The minimum Gasteiger partial charge on any atom is -0.358 e. The Morgan fingerprint density at radius 2 is 1.85 bits per heavy atom. The van der Waals surface area contributed by atoms with Crippen LogP contribution < -0.4 is 5.32 Å². The van der Waals surface area contributed by atoms with Crippen LogP contribution in [0.2, 0.25) is 0 Å². The molecule has 4 nitrogen and oxygen atoms in total. The molecule has 2 N–H and O–H groups in total. The normalized spacial score (nSPS) is 16.2. The smallest absolute Gasteiger partial charge is 0.256 e. The predicted octanol–water partition coefficient (Wildman–Crippen LogP) is 5.69. The zero-order valence-corrected chi connectivity index (χ0v) is 19.3. The number of benzene rings is 2. The Labute approximate surface area is 194 Å². The fraction of sp³-hybridized carbons (Fsp3) is 0.321. The van der Waals surface area contributed by atoms with Crippen LogP contribution in [-0.4, -0.2) is 36.4 Å². The number of carbonyl (C=O) groups excluding carboxylic acids is 1. The number of rotatable bonds is 6. The van der Waals surface area contributed by atoms with Crippen LogP contribution in [0, 0.1) is 5.82 Å². The van der Waals surface area contributed by atoms with E-state index in [0.717, 1.165) is 60.3 Å². The van der Waals surface area contributed by atoms with Gasteiger partial charge in [0.1, 0.15) is 5.82 Å². The number of aryl methyl sites for hydroxylation is 1. The standard InChI is InChI=1S/C28H30FN3O/c1-32(2)16-6-9-22-21-7-3-4-10-24(21)30-26(22)17-23-27-20(18-12-14-19(29)15-13-18)8-5-11-25(27)31-28(23)33/h5,8,11-15,17,30H,3-4,6-7,9-10,16H2,1-2H3,(H,31,33)/b23-17-. The number of fused-ring (bicyclic) bond motifs is 2. The molecule has 0 spiro atoms. The van der Waals surface area contributed by atoms with Crippen molar-refractivity contribution in [1.82, 2.24) is 9.88 Å². The summed E-state index contributed by atoms with van der Waals surface area (Å²) in [7, 11) is 4.21. The van der Waals surface area contributed by atoms with Crippen LogP contribution in [0.1, 0.15) is 47.3 Å². The Bertz CT molecular complexity index is 1220. The largest absolute Gasteiger partial charge is 0.358 e. The Kier molecular flexibility index (Phi) is 5.90. The molecular weight excluding hydrogens is 413 g/mol. The van der Waals surface area contributed by atoms with E-state index in [1.54, 1.807) is 12.1 Å². The van der Waals surface area contributed by atoms with Gasteiger partial charge in [0.15, 0.2) is 0 Å². The van der Waals surface area contributed by atoms with Crippen molar-refractivity contribution >= 4 is 23.2 Å². The first-order chi connectivity index (χ1) is 16.0. The van der Waals surface area contributed by atoms with Gasteiger partial charge in [0.2, 0.25) is 0 Å². The van der Waals surface area contributed by atoms with Gasteiger partial charge in [-0.3, -0.25) is 4.79 Å². The Morgan fingerprint density at radius 1 is 1.06 bits per heavy atom. The van der Waals surface area contributed by atoms with Crippen molar-refractivity contribution in [2.75, 3.05) is 26.0 Å². The summed E-state index contributed by atoms with van der Waals surface area (Å²) in [5.41, 5.74) is 9.40. The lowest BCUT2D eigenvalue weighted by Gasteiger charge is -2.14. The van der Waals surface area contributed by atoms with E-state index in [1.807, 2.05) is 24.3 Å². The average molecular weight is 444 g/mol. The van der Waals surface area contributed by atoms with Gasteiger partial charge in [-0.25, -0.2) is 4.39 Å². The summed E-state index contributed by atoms with van der Waals surface area (Å²) in [4.78, 5) is 19.0. The molecule has 2 heterocycles. The molecule has 2 aromatic carbocycles. The first kappa shape index (κ1) is 21.7. The Morgan fingerprint density at radius 3 is 2.64 bits per heavy atom. The fourth-order valence-corrected chi connectivity index (χ4v) is 5.16. The molecule has 0 bridgehead atoms. The van der Waals surface area contributed by atoms with Crippen molar-refractivity contribution in [3.63, 3.8) is 0 Å². The van der Waals surface area contributed by atoms with Crippen LogP contribution in [0.4, 0.5) is 10.1 Å². The fourth-order valence-electron chi connectivity index (χ4n) is 5.16. The van der Waals surface area contributed by atoms with Crippen LogP contribution in [0.3, 0.4) is 0 Å². The molecule has 2 aliphatic rings. The maximum Gasteiger partial charge on any atom is 0.256 e. The number of nitrogens with zero attached hydrogens (tertiary/aromatic N) is 1. The molecule has 170 valence electrons. The second kappa shape index (κ2) is 8.99. The number of amides is 1. The summed E-state index contributed by atoms with van der Waals surface area (Å²) in [6, 6.07) is 12.3. The summed E-state index contributed by atoms with van der Waals surface area (Å²) in [5.74, 6) is -0.359. The van der Waals surface area contributed by atoms with Crippen LogP contribution in [-0.2, 0) is 24.1 Å². The van der Waals surface area contributed by atoms with Crippen LogP contribution in [0.15, 0.2) is 42.5 Å². The highest BCUT2D eigenvalue weighted by Gasteiger charge is 2.28. The van der Waals surface area contributed by atoms with Crippen molar-refractivity contribution < 1.29 is 9.18 Å². The quantitative estimate of drug-likeness (QED) is 0.481. The van der Waals surface area contributed by atoms with Crippen molar-refractivity contribution in [2.24, 2.45) is 0 Å². The summed E-state index contributed by atoms with van der Waals surface area (Å²) in [6.45, 7) is 1.04. The number of hydrogen-bond acceptors (Lipinski definition) is 2. The molecule has 5 heteroatoms. The third-order valence-corrected chi connectivity index (χ3v) is 6.75. The molecule has 1 aromatic heterocycles.